The van der Waals surface area contributed by atoms with Crippen LogP contribution < -0.4 is 16.0 Å². The zero-order valence-corrected chi connectivity index (χ0v) is 17.4. The maximum absolute atomic E-state index is 13.2. The van der Waals surface area contributed by atoms with Crippen LogP contribution in [-0.2, 0) is 14.4 Å². The number of nitrogens with zero attached hydrogens (tertiary/aromatic N) is 1. The summed E-state index contributed by atoms with van der Waals surface area (Å²) < 4.78 is 0. The molecule has 1 fully saturated rings. The Hall–Kier alpha value is -2.56. The summed E-state index contributed by atoms with van der Waals surface area (Å²) in [6.07, 6.45) is 7.17. The van der Waals surface area contributed by atoms with Gasteiger partial charge < -0.3 is 20.9 Å². The van der Waals surface area contributed by atoms with Crippen LogP contribution in [0.2, 0.25) is 0 Å². The van der Waals surface area contributed by atoms with E-state index >= 15 is 0 Å². The van der Waals surface area contributed by atoms with Crippen molar-refractivity contribution < 1.29 is 19.2 Å². The lowest BCUT2D eigenvalue weighted by Crippen LogP contribution is -2.59. The Balaban J connectivity index is 2.95. The van der Waals surface area contributed by atoms with Crippen LogP contribution in [0.25, 0.3) is 0 Å². The van der Waals surface area contributed by atoms with Gasteiger partial charge in [0, 0.05) is 20.0 Å². The molecule has 156 valence electrons. The van der Waals surface area contributed by atoms with Crippen LogP contribution in [0.5, 0.6) is 0 Å². The molecule has 0 saturated carbocycles. The molecule has 1 aliphatic heterocycles. The average Bonchev–Trinajstić information content (AvgIpc) is 3.10. The van der Waals surface area contributed by atoms with Crippen LogP contribution >= 0.6 is 0 Å². The van der Waals surface area contributed by atoms with Gasteiger partial charge in [-0.2, -0.15) is 0 Å². The van der Waals surface area contributed by atoms with E-state index in [0.717, 1.165) is 0 Å². The number of carbonyl (C=O) groups is 4. The van der Waals surface area contributed by atoms with Crippen molar-refractivity contribution in [3.63, 3.8) is 0 Å². The summed E-state index contributed by atoms with van der Waals surface area (Å²) in [7, 11) is 1.48. The Morgan fingerprint density at radius 3 is 2.36 bits per heavy atom. The lowest BCUT2D eigenvalue weighted by molar-refractivity contribution is -0.142. The maximum Gasteiger partial charge on any atom is 0.315 e. The Labute approximate surface area is 167 Å². The highest BCUT2D eigenvalue weighted by Crippen LogP contribution is 2.26. The topological polar surface area (TPSA) is 108 Å². The van der Waals surface area contributed by atoms with Gasteiger partial charge in [0.2, 0.25) is 11.8 Å². The summed E-state index contributed by atoms with van der Waals surface area (Å²) in [6, 6.07) is -2.58. The first-order valence-electron chi connectivity index (χ1n) is 9.56. The van der Waals surface area contributed by atoms with Gasteiger partial charge in [0.25, 0.3) is 0 Å². The van der Waals surface area contributed by atoms with Crippen molar-refractivity contribution in [2.75, 3.05) is 13.6 Å². The highest BCUT2D eigenvalue weighted by Gasteiger charge is 2.42. The molecule has 0 bridgehead atoms. The molecule has 0 aromatic rings. The van der Waals surface area contributed by atoms with E-state index < -0.39 is 29.6 Å². The smallest absolute Gasteiger partial charge is 0.315 e. The number of hydrogen-bond donors (Lipinski definition) is 3. The van der Waals surface area contributed by atoms with Gasteiger partial charge in [-0.05, 0) is 31.6 Å². The lowest BCUT2D eigenvalue weighted by atomic mass is 9.85. The summed E-state index contributed by atoms with van der Waals surface area (Å²) in [6.45, 7) is 7.38. The van der Waals surface area contributed by atoms with Crippen molar-refractivity contribution in [3.8, 4) is 12.3 Å². The van der Waals surface area contributed by atoms with E-state index in [-0.39, 0.29) is 17.6 Å². The van der Waals surface area contributed by atoms with Crippen LogP contribution in [0.4, 0.5) is 4.79 Å². The third-order valence-electron chi connectivity index (χ3n) is 4.84. The second kappa shape index (κ2) is 10.1. The van der Waals surface area contributed by atoms with Gasteiger partial charge in [-0.25, -0.2) is 4.79 Å². The maximum atomic E-state index is 13.2. The molecule has 1 aliphatic rings. The van der Waals surface area contributed by atoms with E-state index in [1.54, 1.807) is 0 Å². The van der Waals surface area contributed by atoms with Crippen molar-refractivity contribution in [2.45, 2.75) is 71.5 Å². The van der Waals surface area contributed by atoms with Crippen LogP contribution in [0.15, 0.2) is 0 Å². The van der Waals surface area contributed by atoms with Crippen LogP contribution in [0.3, 0.4) is 0 Å². The van der Waals surface area contributed by atoms with E-state index in [0.29, 0.717) is 32.2 Å². The molecule has 8 nitrogen and oxygen atoms in total. The molecule has 0 aromatic heterocycles. The standard InChI is InChI=1S/C20H32N4O4/c1-7-8-10-14(13(2)25)22-17(26)15-11-9-12-24(15)18(27)16(20(3,4)5)23-19(28)21-6/h1,14-16H,8-12H2,2-6H3,(H,22,26)(H2,21,23,28). The fraction of sp³-hybridized carbons (Fsp3) is 0.700. The molecule has 0 radical (unpaired) electrons. The van der Waals surface area contributed by atoms with Crippen molar-refractivity contribution in [1.82, 2.24) is 20.9 Å². The first-order valence-corrected chi connectivity index (χ1v) is 9.56. The average molecular weight is 393 g/mol. The van der Waals surface area contributed by atoms with Gasteiger partial charge in [0.15, 0.2) is 5.78 Å². The molecule has 3 N–H and O–H groups in total. The number of urea groups is 1. The predicted octanol–water partition coefficient (Wildman–Crippen LogP) is 0.808. The van der Waals surface area contributed by atoms with Crippen LogP contribution in [-0.4, -0.2) is 60.2 Å². The number of likely N-dealkylation sites (tertiary alicyclic amines) is 1. The minimum absolute atomic E-state index is 0.173. The van der Waals surface area contributed by atoms with E-state index in [1.165, 1.54) is 18.9 Å². The van der Waals surface area contributed by atoms with Crippen molar-refractivity contribution in [3.05, 3.63) is 0 Å². The molecule has 3 unspecified atom stereocenters. The van der Waals surface area contributed by atoms with Gasteiger partial charge in [-0.15, -0.1) is 12.3 Å². The normalized spacial score (nSPS) is 18.6. The Morgan fingerprint density at radius 2 is 1.86 bits per heavy atom. The van der Waals surface area contributed by atoms with Gasteiger partial charge in [0.1, 0.15) is 12.1 Å². The van der Waals surface area contributed by atoms with Crippen molar-refractivity contribution in [1.29, 1.82) is 0 Å². The number of rotatable bonds is 7. The molecule has 28 heavy (non-hydrogen) atoms. The summed E-state index contributed by atoms with van der Waals surface area (Å²) >= 11 is 0. The molecular formula is C20H32N4O4. The number of ketones is 1. The first-order chi connectivity index (χ1) is 13.0. The predicted molar refractivity (Wildman–Crippen MR) is 106 cm³/mol. The van der Waals surface area contributed by atoms with E-state index in [9.17, 15) is 19.2 Å². The first kappa shape index (κ1) is 23.5. The SMILES string of the molecule is C#CCCC(NC(=O)C1CCCN1C(=O)C(NC(=O)NC)C(C)(C)C)C(C)=O. The molecule has 1 heterocycles. The number of terminal acetylenes is 1. The fourth-order valence-electron chi connectivity index (χ4n) is 3.19. The Bertz CT molecular complexity index is 648. The van der Waals surface area contributed by atoms with Gasteiger partial charge in [-0.3, -0.25) is 14.4 Å². The fourth-order valence-corrected chi connectivity index (χ4v) is 3.19. The molecule has 1 rings (SSSR count). The van der Waals surface area contributed by atoms with Gasteiger partial charge in [0.05, 0.1) is 6.04 Å². The highest BCUT2D eigenvalue weighted by atomic mass is 16.2. The van der Waals surface area contributed by atoms with Crippen LogP contribution in [0, 0.1) is 17.8 Å². The number of nitrogens with one attached hydrogen (secondary N) is 3. The molecule has 0 aliphatic carbocycles. The minimum atomic E-state index is -0.786. The largest absolute Gasteiger partial charge is 0.344 e. The third kappa shape index (κ3) is 6.25. The summed E-state index contributed by atoms with van der Waals surface area (Å²) in [4.78, 5) is 51.0. The number of hydrogen-bond acceptors (Lipinski definition) is 4. The zero-order chi connectivity index (χ0) is 21.5. The zero-order valence-electron chi connectivity index (χ0n) is 17.4. The molecule has 0 aromatic carbocycles. The quantitative estimate of drug-likeness (QED) is 0.557. The molecule has 1 saturated heterocycles. The molecular weight excluding hydrogens is 360 g/mol. The lowest BCUT2D eigenvalue weighted by Gasteiger charge is -2.35. The summed E-state index contributed by atoms with van der Waals surface area (Å²) in [5, 5.41) is 7.86. The Morgan fingerprint density at radius 1 is 1.21 bits per heavy atom. The third-order valence-corrected chi connectivity index (χ3v) is 4.84. The molecule has 4 amide bonds. The van der Waals surface area contributed by atoms with Crippen molar-refractivity contribution in [2.24, 2.45) is 5.41 Å². The number of carbonyl (C=O) groups excluding carboxylic acids is 4. The highest BCUT2D eigenvalue weighted by molar-refractivity contribution is 5.94. The van der Waals surface area contributed by atoms with E-state index in [4.69, 9.17) is 6.42 Å². The second-order valence-electron chi connectivity index (χ2n) is 8.13. The van der Waals surface area contributed by atoms with E-state index in [1.807, 2.05) is 20.8 Å². The van der Waals surface area contributed by atoms with Gasteiger partial charge in [-0.1, -0.05) is 20.8 Å². The summed E-state index contributed by atoms with van der Waals surface area (Å²) in [5.74, 6) is 1.62. The van der Waals surface area contributed by atoms with Crippen molar-refractivity contribution >= 4 is 23.6 Å². The second-order valence-corrected chi connectivity index (χ2v) is 8.13. The summed E-state index contributed by atoms with van der Waals surface area (Å²) in [5.41, 5.74) is -0.540. The van der Waals surface area contributed by atoms with Gasteiger partial charge >= 0.3 is 6.03 Å². The number of Topliss-reactive ketones (excluding diaryl/α,β-unsaturated/α-hetero) is 1. The minimum Gasteiger partial charge on any atom is -0.344 e. The molecule has 8 heteroatoms. The van der Waals surface area contributed by atoms with Crippen LogP contribution in [0.1, 0.15) is 53.4 Å². The van der Waals surface area contributed by atoms with E-state index in [2.05, 4.69) is 21.9 Å². The molecule has 0 spiro atoms. The Kier molecular flexibility index (Phi) is 8.48. The number of amides is 4. The molecule has 3 atom stereocenters. The monoisotopic (exact) mass is 392 g/mol.